The number of halogens is 1. The van der Waals surface area contributed by atoms with Gasteiger partial charge < -0.3 is 13.9 Å². The molecule has 0 radical (unpaired) electrons. The Bertz CT molecular complexity index is 972. The van der Waals surface area contributed by atoms with Gasteiger partial charge in [-0.15, -0.1) is 0 Å². The molecule has 0 N–H and O–H groups in total. The number of carbonyl (C=O) groups is 1. The highest BCUT2D eigenvalue weighted by Gasteiger charge is 2.31. The molecule has 0 atom stereocenters. The largest absolute Gasteiger partial charge is 0.488 e. The lowest BCUT2D eigenvalue weighted by molar-refractivity contribution is -0.142. The molecule has 1 aliphatic rings. The van der Waals surface area contributed by atoms with Crippen LogP contribution >= 0.6 is 15.9 Å². The van der Waals surface area contributed by atoms with Crippen LogP contribution in [0.3, 0.4) is 0 Å². The van der Waals surface area contributed by atoms with Crippen molar-refractivity contribution in [3.8, 4) is 5.75 Å². The summed E-state index contributed by atoms with van der Waals surface area (Å²) in [5.41, 5.74) is 2.82. The smallest absolute Gasteiger partial charge is 0.310 e. The first-order valence-electron chi connectivity index (χ1n) is 9.23. The van der Waals surface area contributed by atoms with Gasteiger partial charge in [-0.3, -0.25) is 4.79 Å². The lowest BCUT2D eigenvalue weighted by Gasteiger charge is -2.11. The third kappa shape index (κ3) is 4.03. The van der Waals surface area contributed by atoms with Crippen LogP contribution in [0, 0.1) is 0 Å². The fraction of sp³-hybridized carbons (Fsp3) is 0.318. The molecule has 140 valence electrons. The summed E-state index contributed by atoms with van der Waals surface area (Å²) in [5.74, 6) is 1.98. The maximum Gasteiger partial charge on any atom is 0.310 e. The predicted molar refractivity (Wildman–Crippen MR) is 107 cm³/mol. The van der Waals surface area contributed by atoms with Gasteiger partial charge >= 0.3 is 5.97 Å². The molecule has 0 amide bonds. The minimum absolute atomic E-state index is 0.206. The minimum atomic E-state index is -0.245. The van der Waals surface area contributed by atoms with Gasteiger partial charge in [0.1, 0.15) is 23.7 Å². The Kier molecular flexibility index (Phi) is 5.21. The molecule has 0 unspecified atom stereocenters. The summed E-state index contributed by atoms with van der Waals surface area (Å²) in [6.07, 6.45) is 2.53. The van der Waals surface area contributed by atoms with Gasteiger partial charge in [0.25, 0.3) is 0 Å². The zero-order valence-corrected chi connectivity index (χ0v) is 16.8. The molecule has 4 nitrogen and oxygen atoms in total. The van der Waals surface area contributed by atoms with Gasteiger partial charge in [-0.1, -0.05) is 34.1 Å². The van der Waals surface area contributed by atoms with Crippen LogP contribution in [-0.4, -0.2) is 12.6 Å². The molecular formula is C22H21BrO4. The molecular weight excluding hydrogens is 408 g/mol. The van der Waals surface area contributed by atoms with E-state index in [1.807, 2.05) is 43.3 Å². The van der Waals surface area contributed by atoms with E-state index in [4.69, 9.17) is 13.9 Å². The number of benzene rings is 2. The molecule has 1 heterocycles. The molecule has 4 rings (SSSR count). The van der Waals surface area contributed by atoms with Crippen LogP contribution in [0.4, 0.5) is 0 Å². The molecule has 1 aliphatic carbocycles. The Hall–Kier alpha value is -2.27. The predicted octanol–water partition coefficient (Wildman–Crippen LogP) is 5.76. The third-order valence-corrected chi connectivity index (χ3v) is 5.21. The summed E-state index contributed by atoms with van der Waals surface area (Å²) in [7, 11) is 0. The second-order valence-electron chi connectivity index (χ2n) is 6.74. The van der Waals surface area contributed by atoms with Gasteiger partial charge in [-0.05, 0) is 44.0 Å². The van der Waals surface area contributed by atoms with Crippen LogP contribution < -0.4 is 4.74 Å². The lowest BCUT2D eigenvalue weighted by atomic mass is 10.1. The Morgan fingerprint density at radius 2 is 2.04 bits per heavy atom. The van der Waals surface area contributed by atoms with E-state index in [0.29, 0.717) is 24.9 Å². The lowest BCUT2D eigenvalue weighted by Crippen LogP contribution is -2.09. The first-order valence-corrected chi connectivity index (χ1v) is 10.0. The third-order valence-electron chi connectivity index (χ3n) is 4.72. The molecule has 0 spiro atoms. The van der Waals surface area contributed by atoms with Gasteiger partial charge in [0.2, 0.25) is 0 Å². The molecule has 0 aliphatic heterocycles. The average molecular weight is 429 g/mol. The molecule has 5 heteroatoms. The first kappa shape index (κ1) is 18.1. The van der Waals surface area contributed by atoms with Gasteiger partial charge in [0, 0.05) is 26.9 Å². The van der Waals surface area contributed by atoms with Crippen molar-refractivity contribution in [3.63, 3.8) is 0 Å². The Labute approximate surface area is 166 Å². The maximum atomic E-state index is 11.9. The van der Waals surface area contributed by atoms with E-state index < -0.39 is 0 Å². The highest BCUT2D eigenvalue weighted by molar-refractivity contribution is 9.10. The summed E-state index contributed by atoms with van der Waals surface area (Å²) in [6.45, 7) is 2.60. The Morgan fingerprint density at radius 3 is 2.81 bits per heavy atom. The Morgan fingerprint density at radius 1 is 1.22 bits per heavy atom. The highest BCUT2D eigenvalue weighted by atomic mass is 79.9. The second-order valence-corrected chi connectivity index (χ2v) is 7.65. The summed E-state index contributed by atoms with van der Waals surface area (Å²) in [6, 6.07) is 13.7. The normalized spacial score (nSPS) is 13.7. The van der Waals surface area contributed by atoms with Crippen molar-refractivity contribution in [1.82, 2.24) is 0 Å². The van der Waals surface area contributed by atoms with E-state index in [1.165, 1.54) is 0 Å². The summed E-state index contributed by atoms with van der Waals surface area (Å²) >= 11 is 3.54. The molecule has 1 fully saturated rings. The number of hydrogen-bond donors (Lipinski definition) is 0. The quantitative estimate of drug-likeness (QED) is 0.449. The summed E-state index contributed by atoms with van der Waals surface area (Å²) in [5, 5.41) is 1.08. The number of rotatable bonds is 7. The van der Waals surface area contributed by atoms with Crippen LogP contribution in [0.15, 0.2) is 51.4 Å². The molecule has 3 aromatic rings. The number of furan rings is 1. The van der Waals surface area contributed by atoms with Crippen molar-refractivity contribution in [2.45, 2.75) is 38.7 Å². The Balaban J connectivity index is 1.60. The number of fused-ring (bicyclic) bond motifs is 1. The topological polar surface area (TPSA) is 48.7 Å². The zero-order chi connectivity index (χ0) is 18.8. The fourth-order valence-electron chi connectivity index (χ4n) is 3.27. The van der Waals surface area contributed by atoms with Crippen LogP contribution in [0.5, 0.6) is 5.75 Å². The SMILES string of the molecule is CCOC(=O)Cc1ccccc1OCc1c(C2CC2)oc2ccc(Br)cc12. The van der Waals surface area contributed by atoms with Crippen molar-refractivity contribution < 1.29 is 18.7 Å². The molecule has 27 heavy (non-hydrogen) atoms. The summed E-state index contributed by atoms with van der Waals surface area (Å²) < 4.78 is 18.3. The van der Waals surface area contributed by atoms with Crippen LogP contribution in [0.2, 0.25) is 0 Å². The van der Waals surface area contributed by atoms with Gasteiger partial charge in [0.15, 0.2) is 0 Å². The standard InChI is InChI=1S/C22H21BrO4/c1-2-25-21(24)11-15-5-3-4-6-19(15)26-13-18-17-12-16(23)9-10-20(17)27-22(18)14-7-8-14/h3-6,9-10,12,14H,2,7-8,11,13H2,1H3. The van der Waals surface area contributed by atoms with Crippen molar-refractivity contribution >= 4 is 32.9 Å². The van der Waals surface area contributed by atoms with Crippen molar-refractivity contribution in [3.05, 3.63) is 63.8 Å². The van der Waals surface area contributed by atoms with Crippen LogP contribution in [-0.2, 0) is 22.6 Å². The van der Waals surface area contributed by atoms with Crippen molar-refractivity contribution in [1.29, 1.82) is 0 Å². The van der Waals surface area contributed by atoms with Crippen LogP contribution in [0.25, 0.3) is 11.0 Å². The number of ether oxygens (including phenoxy) is 2. The van der Waals surface area contributed by atoms with E-state index in [0.717, 1.165) is 45.2 Å². The van der Waals surface area contributed by atoms with E-state index in [1.54, 1.807) is 0 Å². The second kappa shape index (κ2) is 7.77. The first-order chi connectivity index (χ1) is 13.2. The number of para-hydroxylation sites is 1. The van der Waals surface area contributed by atoms with Crippen LogP contribution in [0.1, 0.15) is 42.6 Å². The molecule has 1 saturated carbocycles. The maximum absolute atomic E-state index is 11.9. The average Bonchev–Trinajstić information content (AvgIpc) is 3.43. The van der Waals surface area contributed by atoms with Gasteiger partial charge in [-0.25, -0.2) is 0 Å². The van der Waals surface area contributed by atoms with E-state index in [2.05, 4.69) is 22.0 Å². The molecule has 0 saturated heterocycles. The monoisotopic (exact) mass is 428 g/mol. The molecule has 1 aromatic heterocycles. The number of esters is 1. The molecule has 0 bridgehead atoms. The highest BCUT2D eigenvalue weighted by Crippen LogP contribution is 2.45. The van der Waals surface area contributed by atoms with Crippen molar-refractivity contribution in [2.24, 2.45) is 0 Å². The van der Waals surface area contributed by atoms with E-state index >= 15 is 0 Å². The van der Waals surface area contributed by atoms with Gasteiger partial charge in [-0.2, -0.15) is 0 Å². The fourth-order valence-corrected chi connectivity index (χ4v) is 3.63. The zero-order valence-electron chi connectivity index (χ0n) is 15.2. The number of hydrogen-bond acceptors (Lipinski definition) is 4. The minimum Gasteiger partial charge on any atom is -0.488 e. The van der Waals surface area contributed by atoms with E-state index in [-0.39, 0.29) is 12.4 Å². The van der Waals surface area contributed by atoms with Crippen molar-refractivity contribution in [2.75, 3.05) is 6.61 Å². The number of carbonyl (C=O) groups excluding carboxylic acids is 1. The van der Waals surface area contributed by atoms with E-state index in [9.17, 15) is 4.79 Å². The summed E-state index contributed by atoms with van der Waals surface area (Å²) in [4.78, 5) is 11.9. The van der Waals surface area contributed by atoms with Gasteiger partial charge in [0.05, 0.1) is 13.0 Å². The molecule has 2 aromatic carbocycles.